The summed E-state index contributed by atoms with van der Waals surface area (Å²) in [6, 6.07) is 16.2. The van der Waals surface area contributed by atoms with Crippen LogP contribution >= 0.6 is 11.6 Å². The number of nitrogens with zero attached hydrogens (tertiary/aromatic N) is 3. The Morgan fingerprint density at radius 2 is 1.82 bits per heavy atom. The summed E-state index contributed by atoms with van der Waals surface area (Å²) in [7, 11) is 0. The van der Waals surface area contributed by atoms with Gasteiger partial charge in [-0.15, -0.1) is 0 Å². The maximum Gasteiger partial charge on any atom is 0.194 e. The van der Waals surface area contributed by atoms with E-state index >= 15 is 0 Å². The van der Waals surface area contributed by atoms with Crippen molar-refractivity contribution in [1.82, 2.24) is 14.7 Å². The number of halogens is 2. The molecule has 0 spiro atoms. The first-order valence-electron chi connectivity index (χ1n) is 15.2. The number of carbonyl (C=O) groups excluding carboxylic acids is 1. The number of Topliss-reactive ketones (excluding diaryl/α,β-unsaturated/α-hetero) is 1. The minimum Gasteiger partial charge on any atom is -0.489 e. The average Bonchev–Trinajstić information content (AvgIpc) is 3.58. The molecule has 0 amide bonds. The van der Waals surface area contributed by atoms with Gasteiger partial charge in [-0.2, -0.15) is 5.10 Å². The highest BCUT2D eigenvalue weighted by molar-refractivity contribution is 6.32. The first kappa shape index (κ1) is 28.6. The maximum absolute atomic E-state index is 14.1. The Balaban J connectivity index is 1.04. The lowest BCUT2D eigenvalue weighted by atomic mass is 9.90. The van der Waals surface area contributed by atoms with E-state index in [9.17, 15) is 9.18 Å². The number of aryl methyl sites for hydroxylation is 1. The van der Waals surface area contributed by atoms with Gasteiger partial charge in [0, 0.05) is 31.1 Å². The number of carbonyl (C=O) groups is 1. The molecule has 0 atom stereocenters. The summed E-state index contributed by atoms with van der Waals surface area (Å²) < 4.78 is 27.7. The van der Waals surface area contributed by atoms with Crippen LogP contribution in [0.3, 0.4) is 0 Å². The van der Waals surface area contributed by atoms with Gasteiger partial charge in [0.15, 0.2) is 17.3 Å². The number of ketones is 1. The molecule has 1 aromatic heterocycles. The molecule has 3 aromatic carbocycles. The zero-order chi connectivity index (χ0) is 30.4. The number of hydrogen-bond acceptors (Lipinski definition) is 6. The molecule has 0 unspecified atom stereocenters. The molecular weight excluding hydrogens is 579 g/mol. The number of nitrogen functional groups attached to an aromatic ring is 1. The number of para-hydroxylation sites is 1. The second kappa shape index (κ2) is 11.7. The molecule has 1 saturated heterocycles. The highest BCUT2D eigenvalue weighted by Crippen LogP contribution is 2.38. The molecule has 0 bridgehead atoms. The van der Waals surface area contributed by atoms with Gasteiger partial charge in [-0.3, -0.25) is 4.79 Å². The number of aromatic nitrogens is 2. The van der Waals surface area contributed by atoms with E-state index in [4.69, 9.17) is 26.8 Å². The van der Waals surface area contributed by atoms with Gasteiger partial charge < -0.3 is 20.1 Å². The van der Waals surface area contributed by atoms with E-state index in [2.05, 4.69) is 10.00 Å². The molecule has 3 aliphatic rings. The number of nitrogens with two attached hydrogens (primary N) is 1. The van der Waals surface area contributed by atoms with Crippen molar-refractivity contribution in [2.75, 3.05) is 18.8 Å². The van der Waals surface area contributed by atoms with Crippen LogP contribution in [-0.4, -0.2) is 45.7 Å². The third kappa shape index (κ3) is 5.48. The second-order valence-corrected chi connectivity index (χ2v) is 12.3. The summed E-state index contributed by atoms with van der Waals surface area (Å²) in [6.45, 7) is 3.99. The van der Waals surface area contributed by atoms with Crippen LogP contribution < -0.4 is 15.2 Å². The zero-order valence-electron chi connectivity index (χ0n) is 24.6. The summed E-state index contributed by atoms with van der Waals surface area (Å²) in [5, 5.41) is 4.98. The summed E-state index contributed by atoms with van der Waals surface area (Å²) >= 11 is 6.65. The smallest absolute Gasteiger partial charge is 0.194 e. The zero-order valence-corrected chi connectivity index (χ0v) is 25.3. The molecule has 2 heterocycles. The monoisotopic (exact) mass is 612 g/mol. The molecule has 1 aliphatic heterocycles. The number of allylic oxidation sites excluding steroid dienone is 1. The van der Waals surface area contributed by atoms with Gasteiger partial charge in [0.2, 0.25) is 0 Å². The Morgan fingerprint density at radius 3 is 2.55 bits per heavy atom. The quantitative estimate of drug-likeness (QED) is 0.207. The van der Waals surface area contributed by atoms with Crippen LogP contribution in [0.2, 0.25) is 5.02 Å². The lowest BCUT2D eigenvalue weighted by Gasteiger charge is -2.41. The fraction of sp³-hybridized carbons (Fsp3) is 0.314. The third-order valence-corrected chi connectivity index (χ3v) is 9.36. The Kier molecular flexibility index (Phi) is 7.64. The van der Waals surface area contributed by atoms with E-state index in [1.165, 1.54) is 36.2 Å². The second-order valence-electron chi connectivity index (χ2n) is 11.9. The van der Waals surface area contributed by atoms with Crippen molar-refractivity contribution >= 4 is 29.3 Å². The van der Waals surface area contributed by atoms with Crippen molar-refractivity contribution in [3.05, 3.63) is 99.5 Å². The van der Waals surface area contributed by atoms with Crippen molar-refractivity contribution in [2.24, 2.45) is 0 Å². The highest BCUT2D eigenvalue weighted by Gasteiger charge is 2.30. The Bertz CT molecular complexity index is 1770. The topological polar surface area (TPSA) is 82.6 Å². The van der Waals surface area contributed by atoms with Gasteiger partial charge in [-0.05, 0) is 97.8 Å². The number of rotatable bonds is 8. The predicted molar refractivity (Wildman–Crippen MR) is 170 cm³/mol. The minimum absolute atomic E-state index is 0.141. The van der Waals surface area contributed by atoms with Crippen LogP contribution in [-0.2, 0) is 6.42 Å². The maximum atomic E-state index is 14.1. The molecule has 2 N–H and O–H groups in total. The SMILES string of the molecule is Cc1cc(-n2ncc(C(=O)C3=Cc4cc(OC5CCN(C6CCC6)CC5)c(Cl)cc4C3)c2N)ccc1Oc1ccccc1F. The van der Waals surface area contributed by atoms with Crippen molar-refractivity contribution in [2.45, 2.75) is 57.6 Å². The van der Waals surface area contributed by atoms with Crippen LogP contribution in [0.4, 0.5) is 10.2 Å². The summed E-state index contributed by atoms with van der Waals surface area (Å²) in [5.41, 5.74) is 10.8. The van der Waals surface area contributed by atoms with Crippen molar-refractivity contribution in [1.29, 1.82) is 0 Å². The molecular formula is C35H34ClFN4O3. The molecule has 9 heteroatoms. The van der Waals surface area contributed by atoms with Gasteiger partial charge in [-0.25, -0.2) is 9.07 Å². The number of fused-ring (bicyclic) bond motifs is 1. The molecule has 7 rings (SSSR count). The number of piperidine rings is 1. The molecule has 226 valence electrons. The van der Waals surface area contributed by atoms with E-state index in [-0.39, 0.29) is 23.5 Å². The standard InChI is InChI=1S/C35H34ClFN4O3/c1-21-15-26(9-10-31(21)44-32-8-3-2-7-30(32)37)41-35(38)28(20-39-41)34(42)24-16-22-18-29(36)33(19-23(22)17-24)43-27-11-13-40(14-12-27)25-5-4-6-25/h2-3,7-10,15,17-20,25,27H,4-6,11-14,16,38H2,1H3. The Labute approximate surface area is 261 Å². The number of hydrogen-bond donors (Lipinski definition) is 1. The number of ether oxygens (including phenoxy) is 2. The Morgan fingerprint density at radius 1 is 1.02 bits per heavy atom. The van der Waals surface area contributed by atoms with E-state index in [1.807, 2.05) is 31.2 Å². The molecule has 1 saturated carbocycles. The lowest BCUT2D eigenvalue weighted by molar-refractivity contribution is 0.0493. The molecule has 0 radical (unpaired) electrons. The Hall–Kier alpha value is -4.14. The normalized spacial score (nSPS) is 17.2. The first-order chi connectivity index (χ1) is 21.3. The summed E-state index contributed by atoms with van der Waals surface area (Å²) in [5.74, 6) is 0.945. The van der Waals surface area contributed by atoms with Crippen molar-refractivity contribution in [3.63, 3.8) is 0 Å². The summed E-state index contributed by atoms with van der Waals surface area (Å²) in [4.78, 5) is 16.2. The average molecular weight is 613 g/mol. The number of benzene rings is 3. The highest BCUT2D eigenvalue weighted by atomic mass is 35.5. The fourth-order valence-corrected chi connectivity index (χ4v) is 6.54. The number of anilines is 1. The van der Waals surface area contributed by atoms with Crippen molar-refractivity contribution in [3.8, 4) is 22.9 Å². The largest absolute Gasteiger partial charge is 0.489 e. The van der Waals surface area contributed by atoms with Gasteiger partial charge in [0.25, 0.3) is 0 Å². The summed E-state index contributed by atoms with van der Waals surface area (Å²) in [6.07, 6.45) is 9.98. The van der Waals surface area contributed by atoms with E-state index in [1.54, 1.807) is 30.3 Å². The van der Waals surface area contributed by atoms with Gasteiger partial charge >= 0.3 is 0 Å². The predicted octanol–water partition coefficient (Wildman–Crippen LogP) is 7.57. The molecule has 7 nitrogen and oxygen atoms in total. The van der Waals surface area contributed by atoms with Crippen molar-refractivity contribution < 1.29 is 18.7 Å². The fourth-order valence-electron chi connectivity index (χ4n) is 6.31. The lowest BCUT2D eigenvalue weighted by Crippen LogP contribution is -2.46. The van der Waals surface area contributed by atoms with Gasteiger partial charge in [0.1, 0.15) is 23.4 Å². The third-order valence-electron chi connectivity index (χ3n) is 9.07. The van der Waals surface area contributed by atoms with E-state index < -0.39 is 5.82 Å². The van der Waals surface area contributed by atoms with Gasteiger partial charge in [0.05, 0.1) is 22.5 Å². The van der Waals surface area contributed by atoms with Crippen LogP contribution in [0.15, 0.2) is 66.4 Å². The molecule has 4 aromatic rings. The van der Waals surface area contributed by atoms with Crippen LogP contribution in [0.25, 0.3) is 11.8 Å². The molecule has 2 fully saturated rings. The molecule has 2 aliphatic carbocycles. The van der Waals surface area contributed by atoms with Crippen LogP contribution in [0.1, 0.15) is 59.2 Å². The molecule has 44 heavy (non-hydrogen) atoms. The van der Waals surface area contributed by atoms with E-state index in [0.717, 1.165) is 48.7 Å². The minimum atomic E-state index is -0.440. The number of likely N-dealkylation sites (tertiary alicyclic amines) is 1. The van der Waals surface area contributed by atoms with Gasteiger partial charge in [-0.1, -0.05) is 30.2 Å². The first-order valence-corrected chi connectivity index (χ1v) is 15.6. The van der Waals surface area contributed by atoms with E-state index in [0.29, 0.717) is 39.8 Å². The van der Waals surface area contributed by atoms with Crippen LogP contribution in [0.5, 0.6) is 17.2 Å². The van der Waals surface area contributed by atoms with Crippen LogP contribution in [0, 0.1) is 12.7 Å².